The second-order valence-electron chi connectivity index (χ2n) is 5.00. The molecular formula is C17H19NO2. The molecule has 0 saturated carbocycles. The highest BCUT2D eigenvalue weighted by atomic mass is 16.3. The molecule has 3 heteroatoms. The maximum atomic E-state index is 12.8. The number of likely N-dealkylation sites (N-methyl/N-ethyl adjacent to an activating group) is 1. The molecule has 104 valence electrons. The summed E-state index contributed by atoms with van der Waals surface area (Å²) in [5, 5.41) is 10.1. The highest BCUT2D eigenvalue weighted by molar-refractivity contribution is 5.92. The van der Waals surface area contributed by atoms with E-state index in [2.05, 4.69) is 0 Å². The topological polar surface area (TPSA) is 40.5 Å². The number of carbonyl (C=O) groups is 1. The Morgan fingerprint density at radius 2 is 1.35 bits per heavy atom. The van der Waals surface area contributed by atoms with Gasteiger partial charge in [0.25, 0.3) is 0 Å². The molecule has 2 aromatic carbocycles. The number of amides is 1. The highest BCUT2D eigenvalue weighted by Gasteiger charge is 2.42. The van der Waals surface area contributed by atoms with Crippen LogP contribution in [-0.4, -0.2) is 36.6 Å². The summed E-state index contributed by atoms with van der Waals surface area (Å²) in [6.45, 7) is -0.266. The van der Waals surface area contributed by atoms with E-state index in [1.165, 1.54) is 4.90 Å². The Balaban J connectivity index is 2.68. The van der Waals surface area contributed by atoms with Crippen molar-refractivity contribution in [1.29, 1.82) is 0 Å². The van der Waals surface area contributed by atoms with Crippen LogP contribution < -0.4 is 0 Å². The normalized spacial score (nSPS) is 11.2. The molecule has 0 aromatic heterocycles. The summed E-state index contributed by atoms with van der Waals surface area (Å²) in [5.74, 6) is -0.127. The summed E-state index contributed by atoms with van der Waals surface area (Å²) in [5.41, 5.74) is 0.547. The van der Waals surface area contributed by atoms with Gasteiger partial charge in [-0.25, -0.2) is 0 Å². The molecule has 2 rings (SSSR count). The van der Waals surface area contributed by atoms with Crippen LogP contribution in [0.5, 0.6) is 0 Å². The third-order valence-electron chi connectivity index (χ3n) is 3.54. The second-order valence-corrected chi connectivity index (χ2v) is 5.00. The highest BCUT2D eigenvalue weighted by Crippen LogP contribution is 2.33. The van der Waals surface area contributed by atoms with E-state index < -0.39 is 5.41 Å². The summed E-state index contributed by atoms with van der Waals surface area (Å²) in [6, 6.07) is 18.8. The molecule has 0 atom stereocenters. The molecule has 0 aliphatic rings. The van der Waals surface area contributed by atoms with Gasteiger partial charge < -0.3 is 10.0 Å². The Bertz CT molecular complexity index is 525. The number of hydrogen-bond donors (Lipinski definition) is 1. The van der Waals surface area contributed by atoms with E-state index in [0.29, 0.717) is 0 Å². The van der Waals surface area contributed by atoms with Crippen molar-refractivity contribution in [3.8, 4) is 0 Å². The minimum Gasteiger partial charge on any atom is -0.395 e. The lowest BCUT2D eigenvalue weighted by molar-refractivity contribution is -0.134. The first-order chi connectivity index (χ1) is 9.63. The summed E-state index contributed by atoms with van der Waals surface area (Å²) in [6.07, 6.45) is 0. The minimum atomic E-state index is -1.05. The van der Waals surface area contributed by atoms with Crippen molar-refractivity contribution < 1.29 is 9.90 Å². The van der Waals surface area contributed by atoms with Gasteiger partial charge >= 0.3 is 0 Å². The zero-order valence-corrected chi connectivity index (χ0v) is 11.8. The van der Waals surface area contributed by atoms with Gasteiger partial charge in [-0.2, -0.15) is 0 Å². The van der Waals surface area contributed by atoms with Crippen LogP contribution in [0.15, 0.2) is 60.7 Å². The fourth-order valence-electron chi connectivity index (χ4n) is 2.49. The third kappa shape index (κ3) is 2.32. The van der Waals surface area contributed by atoms with Crippen molar-refractivity contribution in [3.05, 3.63) is 71.8 Å². The van der Waals surface area contributed by atoms with E-state index in [1.807, 2.05) is 60.7 Å². The fraction of sp³-hybridized carbons (Fsp3) is 0.235. The molecule has 1 N–H and O–H groups in total. The molecule has 2 aromatic rings. The van der Waals surface area contributed by atoms with E-state index in [0.717, 1.165) is 11.1 Å². The van der Waals surface area contributed by atoms with Gasteiger partial charge in [-0.1, -0.05) is 60.7 Å². The summed E-state index contributed by atoms with van der Waals surface area (Å²) in [7, 11) is 3.41. The Kier molecular flexibility index (Phi) is 4.20. The first-order valence-corrected chi connectivity index (χ1v) is 6.56. The van der Waals surface area contributed by atoms with E-state index in [1.54, 1.807) is 14.1 Å². The standard InChI is InChI=1S/C17H19NO2/c1-18(2)16(20)17(13-19,14-9-5-3-6-10-14)15-11-7-4-8-12-15/h3-12,19H,13H2,1-2H3. The molecule has 20 heavy (non-hydrogen) atoms. The lowest BCUT2D eigenvalue weighted by atomic mass is 9.74. The summed E-state index contributed by atoms with van der Waals surface area (Å²) in [4.78, 5) is 14.3. The number of rotatable bonds is 4. The Morgan fingerprint density at radius 1 is 0.950 bits per heavy atom. The number of benzene rings is 2. The molecular weight excluding hydrogens is 250 g/mol. The molecule has 0 unspecified atom stereocenters. The largest absolute Gasteiger partial charge is 0.395 e. The second kappa shape index (κ2) is 5.88. The molecule has 0 heterocycles. The van der Waals surface area contributed by atoms with Crippen LogP contribution in [0.4, 0.5) is 0 Å². The molecule has 0 saturated heterocycles. The first kappa shape index (κ1) is 14.3. The molecule has 0 bridgehead atoms. The van der Waals surface area contributed by atoms with Crippen molar-refractivity contribution in [2.45, 2.75) is 5.41 Å². The zero-order chi connectivity index (χ0) is 14.6. The lowest BCUT2D eigenvalue weighted by Crippen LogP contribution is -2.47. The van der Waals surface area contributed by atoms with Gasteiger partial charge in [-0.15, -0.1) is 0 Å². The smallest absolute Gasteiger partial charge is 0.239 e. The van der Waals surface area contributed by atoms with Crippen LogP contribution in [0, 0.1) is 0 Å². The predicted octanol–water partition coefficient (Wildman–Crippen LogP) is 2.05. The Morgan fingerprint density at radius 3 is 1.65 bits per heavy atom. The van der Waals surface area contributed by atoms with Crippen LogP contribution in [0.3, 0.4) is 0 Å². The van der Waals surface area contributed by atoms with Crippen LogP contribution in [0.25, 0.3) is 0 Å². The molecule has 1 amide bonds. The molecule has 0 fully saturated rings. The molecule has 0 radical (unpaired) electrons. The quantitative estimate of drug-likeness (QED) is 0.923. The van der Waals surface area contributed by atoms with Crippen LogP contribution in [-0.2, 0) is 10.2 Å². The van der Waals surface area contributed by atoms with Crippen molar-refractivity contribution in [3.63, 3.8) is 0 Å². The summed E-state index contributed by atoms with van der Waals surface area (Å²) >= 11 is 0. The third-order valence-corrected chi connectivity index (χ3v) is 3.54. The van der Waals surface area contributed by atoms with E-state index in [9.17, 15) is 9.90 Å². The number of nitrogens with zero attached hydrogens (tertiary/aromatic N) is 1. The Hall–Kier alpha value is -2.13. The van der Waals surface area contributed by atoms with Crippen LogP contribution in [0.2, 0.25) is 0 Å². The number of carbonyl (C=O) groups excluding carboxylic acids is 1. The molecule has 0 aliphatic heterocycles. The average molecular weight is 269 g/mol. The van der Waals surface area contributed by atoms with Crippen molar-refractivity contribution in [1.82, 2.24) is 4.90 Å². The van der Waals surface area contributed by atoms with Gasteiger partial charge in [0.05, 0.1) is 6.61 Å². The maximum absolute atomic E-state index is 12.8. The number of hydrogen-bond acceptors (Lipinski definition) is 2. The number of aliphatic hydroxyl groups is 1. The van der Waals surface area contributed by atoms with Gasteiger partial charge in [0, 0.05) is 14.1 Å². The van der Waals surface area contributed by atoms with Crippen molar-refractivity contribution in [2.75, 3.05) is 20.7 Å². The predicted molar refractivity (Wildman–Crippen MR) is 79.4 cm³/mol. The maximum Gasteiger partial charge on any atom is 0.239 e. The lowest BCUT2D eigenvalue weighted by Gasteiger charge is -2.34. The van der Waals surface area contributed by atoms with E-state index in [4.69, 9.17) is 0 Å². The molecule has 0 aliphatic carbocycles. The van der Waals surface area contributed by atoms with Crippen LogP contribution in [0.1, 0.15) is 11.1 Å². The molecule has 3 nitrogen and oxygen atoms in total. The Labute approximate surface area is 119 Å². The van der Waals surface area contributed by atoms with Crippen molar-refractivity contribution in [2.24, 2.45) is 0 Å². The average Bonchev–Trinajstić information content (AvgIpc) is 2.50. The summed E-state index contributed by atoms with van der Waals surface area (Å²) < 4.78 is 0. The van der Waals surface area contributed by atoms with Gasteiger partial charge in [-0.05, 0) is 11.1 Å². The zero-order valence-electron chi connectivity index (χ0n) is 11.8. The van der Waals surface area contributed by atoms with E-state index in [-0.39, 0.29) is 12.5 Å². The fourth-order valence-corrected chi connectivity index (χ4v) is 2.49. The minimum absolute atomic E-state index is 0.127. The van der Waals surface area contributed by atoms with Gasteiger partial charge in [0.2, 0.25) is 5.91 Å². The SMILES string of the molecule is CN(C)C(=O)C(CO)(c1ccccc1)c1ccccc1. The molecule has 0 spiro atoms. The van der Waals surface area contributed by atoms with Crippen LogP contribution >= 0.6 is 0 Å². The number of aliphatic hydroxyl groups excluding tert-OH is 1. The van der Waals surface area contributed by atoms with Crippen molar-refractivity contribution >= 4 is 5.91 Å². The van der Waals surface area contributed by atoms with Gasteiger partial charge in [-0.3, -0.25) is 4.79 Å². The van der Waals surface area contributed by atoms with Gasteiger partial charge in [0.1, 0.15) is 5.41 Å². The van der Waals surface area contributed by atoms with E-state index >= 15 is 0 Å². The van der Waals surface area contributed by atoms with Gasteiger partial charge in [0.15, 0.2) is 0 Å². The monoisotopic (exact) mass is 269 g/mol. The first-order valence-electron chi connectivity index (χ1n) is 6.56.